The number of para-hydroxylation sites is 2. The fourth-order valence-electron chi connectivity index (χ4n) is 6.37. The van der Waals surface area contributed by atoms with Crippen LogP contribution in [0.4, 0.5) is 0 Å². The second-order valence-corrected chi connectivity index (χ2v) is 19.3. The molecule has 0 amide bonds. The van der Waals surface area contributed by atoms with Gasteiger partial charge in [0.1, 0.15) is 5.58 Å². The average Bonchev–Trinajstić information content (AvgIpc) is 3.60. The minimum Gasteiger partial charge on any atom is -0.500 e. The molecule has 4 aromatic heterocycles. The van der Waals surface area contributed by atoms with Gasteiger partial charge in [-0.05, 0) is 56.1 Å². The molecule has 0 saturated heterocycles. The van der Waals surface area contributed by atoms with Gasteiger partial charge in [-0.15, -0.1) is 53.6 Å². The number of aryl methyl sites for hydroxylation is 2. The number of nitrogens with zero attached hydrogens (tertiary/aromatic N) is 4. The first-order valence-electron chi connectivity index (χ1n) is 16.6. The SMILES string of the molecule is CC(C)Cc1cc(-c2[c-]cccc2)ncc1[Si](C)(C)C.Cc1cc2oc3c(-c4nc5ccccc5n4C(C)C)[c-]cc(C)c3c2cn1.[Ir]. The van der Waals surface area contributed by atoms with Crippen molar-refractivity contribution in [2.75, 3.05) is 0 Å². The summed E-state index contributed by atoms with van der Waals surface area (Å²) in [5, 5.41) is 3.62. The van der Waals surface area contributed by atoms with Crippen LogP contribution in [0.3, 0.4) is 0 Å². The molecule has 0 bridgehead atoms. The summed E-state index contributed by atoms with van der Waals surface area (Å²) >= 11 is 0. The quantitative estimate of drug-likeness (QED) is 0.124. The molecule has 7 rings (SSSR count). The molecule has 0 aliphatic carbocycles. The first-order chi connectivity index (χ1) is 22.4. The van der Waals surface area contributed by atoms with E-state index in [1.54, 1.807) is 0 Å². The van der Waals surface area contributed by atoms with Crippen LogP contribution in [0.25, 0.3) is 55.6 Å². The fourth-order valence-corrected chi connectivity index (χ4v) is 7.96. The zero-order chi connectivity index (χ0) is 33.5. The number of hydrogen-bond acceptors (Lipinski definition) is 4. The second-order valence-electron chi connectivity index (χ2n) is 14.2. The van der Waals surface area contributed by atoms with Crippen LogP contribution in [-0.2, 0) is 26.5 Å². The first-order valence-corrected chi connectivity index (χ1v) is 20.1. The van der Waals surface area contributed by atoms with Gasteiger partial charge in [0.05, 0.1) is 30.5 Å². The van der Waals surface area contributed by atoms with Crippen LogP contribution in [0.1, 0.15) is 50.6 Å². The van der Waals surface area contributed by atoms with Crippen LogP contribution in [0.15, 0.2) is 83.5 Å². The van der Waals surface area contributed by atoms with Crippen molar-refractivity contribution in [3.63, 3.8) is 0 Å². The topological polar surface area (TPSA) is 56.7 Å². The van der Waals surface area contributed by atoms with Crippen LogP contribution < -0.4 is 5.19 Å². The molecule has 48 heavy (non-hydrogen) atoms. The zero-order valence-electron chi connectivity index (χ0n) is 29.4. The van der Waals surface area contributed by atoms with Gasteiger partial charge in [0.2, 0.25) is 0 Å². The first kappa shape index (κ1) is 35.4. The number of furan rings is 1. The molecule has 0 atom stereocenters. The van der Waals surface area contributed by atoms with E-state index in [2.05, 4.69) is 117 Å². The molecule has 0 fully saturated rings. The smallest absolute Gasteiger partial charge is 0.124 e. The molecule has 3 aromatic carbocycles. The second kappa shape index (κ2) is 14.3. The van der Waals surface area contributed by atoms with Crippen molar-refractivity contribution in [1.82, 2.24) is 19.5 Å². The maximum atomic E-state index is 6.31. The minimum absolute atomic E-state index is 0. The predicted molar refractivity (Wildman–Crippen MR) is 199 cm³/mol. The zero-order valence-corrected chi connectivity index (χ0v) is 32.8. The van der Waals surface area contributed by atoms with Gasteiger partial charge in [-0.25, -0.2) is 0 Å². The van der Waals surface area contributed by atoms with Crippen LogP contribution in [-0.4, -0.2) is 27.6 Å². The fraction of sp³-hybridized carbons (Fsp3) is 0.293. The summed E-state index contributed by atoms with van der Waals surface area (Å²) in [5.74, 6) is 1.56. The van der Waals surface area contributed by atoms with Gasteiger partial charge in [0, 0.05) is 55.7 Å². The summed E-state index contributed by atoms with van der Waals surface area (Å²) in [7, 11) is -1.34. The van der Waals surface area contributed by atoms with Gasteiger partial charge in [-0.2, -0.15) is 0 Å². The van der Waals surface area contributed by atoms with E-state index in [1.807, 2.05) is 49.5 Å². The monoisotopic (exact) mass is 829 g/mol. The van der Waals surface area contributed by atoms with Gasteiger partial charge in [-0.1, -0.05) is 75.1 Å². The standard InChI is InChI=1S/C23H20N3O.C18H24NSi.Ir/c1-13(2)26-19-8-6-5-7-18(19)25-23(26)16-10-9-14(3)21-17-12-24-15(4)11-20(17)27-22(16)21;1-14(2)11-16-12-17(15-9-7-6-8-10-15)19-13-18(16)20(3,4)5;/h5-9,11-13H,1-4H3;6-9,12-14H,11H2,1-5H3;/q2*-1;. The third-order valence-electron chi connectivity index (χ3n) is 8.51. The summed E-state index contributed by atoms with van der Waals surface area (Å²) in [6, 6.07) is 29.6. The largest absolute Gasteiger partial charge is 0.500 e. The summed E-state index contributed by atoms with van der Waals surface area (Å²) in [4.78, 5) is 14.1. The maximum absolute atomic E-state index is 6.31. The van der Waals surface area contributed by atoms with E-state index < -0.39 is 8.07 Å². The molecule has 0 aliphatic heterocycles. The molecule has 0 aliphatic rings. The number of aromatic nitrogens is 4. The van der Waals surface area contributed by atoms with E-state index >= 15 is 0 Å². The summed E-state index contributed by atoms with van der Waals surface area (Å²) in [5.41, 5.74) is 10.4. The molecule has 0 spiro atoms. The van der Waals surface area contributed by atoms with E-state index in [4.69, 9.17) is 9.40 Å². The average molecular weight is 829 g/mol. The number of hydrogen-bond donors (Lipinski definition) is 0. The van der Waals surface area contributed by atoms with E-state index in [0.29, 0.717) is 5.92 Å². The Morgan fingerprint density at radius 1 is 0.896 bits per heavy atom. The van der Waals surface area contributed by atoms with Crippen LogP contribution in [0.2, 0.25) is 19.6 Å². The Hall–Kier alpha value is -3.90. The third-order valence-corrected chi connectivity index (χ3v) is 10.6. The summed E-state index contributed by atoms with van der Waals surface area (Å²) < 4.78 is 8.56. The van der Waals surface area contributed by atoms with Crippen molar-refractivity contribution < 1.29 is 24.5 Å². The molecule has 249 valence electrons. The van der Waals surface area contributed by atoms with Crippen LogP contribution in [0.5, 0.6) is 0 Å². The Kier molecular flexibility index (Phi) is 10.5. The molecule has 7 heteroatoms. The Bertz CT molecular complexity index is 2190. The van der Waals surface area contributed by atoms with Crippen LogP contribution in [0, 0.1) is 31.9 Å². The van der Waals surface area contributed by atoms with Gasteiger partial charge in [0.15, 0.2) is 0 Å². The molecular formula is C41H44IrN4OSi-2. The molecule has 5 nitrogen and oxygen atoms in total. The molecular weight excluding hydrogens is 785 g/mol. The van der Waals surface area contributed by atoms with Gasteiger partial charge in [0.25, 0.3) is 0 Å². The molecule has 7 aromatic rings. The Labute approximate surface area is 299 Å². The van der Waals surface area contributed by atoms with Crippen molar-refractivity contribution in [3.05, 3.63) is 108 Å². The Morgan fingerprint density at radius 2 is 1.65 bits per heavy atom. The number of benzene rings is 3. The van der Waals surface area contributed by atoms with Crippen LogP contribution >= 0.6 is 0 Å². The van der Waals surface area contributed by atoms with Gasteiger partial charge in [-0.3, -0.25) is 9.97 Å². The summed E-state index contributed by atoms with van der Waals surface area (Å²) in [6.07, 6.45) is 5.14. The Balaban J connectivity index is 0.000000193. The summed E-state index contributed by atoms with van der Waals surface area (Å²) in [6.45, 7) is 20.1. The van der Waals surface area contributed by atoms with E-state index in [1.165, 1.54) is 10.8 Å². The Morgan fingerprint density at radius 3 is 2.33 bits per heavy atom. The van der Waals surface area contributed by atoms with E-state index in [0.717, 1.165) is 73.3 Å². The maximum Gasteiger partial charge on any atom is 0.124 e. The van der Waals surface area contributed by atoms with Crippen molar-refractivity contribution in [1.29, 1.82) is 0 Å². The van der Waals surface area contributed by atoms with Crippen molar-refractivity contribution >= 4 is 46.2 Å². The number of rotatable bonds is 6. The number of imidazole rings is 1. The third kappa shape index (κ3) is 7.10. The van der Waals surface area contributed by atoms with Gasteiger partial charge < -0.3 is 14.0 Å². The molecule has 4 heterocycles. The van der Waals surface area contributed by atoms with Crippen molar-refractivity contribution in [2.45, 2.75) is 73.6 Å². The van der Waals surface area contributed by atoms with Crippen molar-refractivity contribution in [2.24, 2.45) is 5.92 Å². The number of fused-ring (bicyclic) bond motifs is 4. The minimum atomic E-state index is -1.34. The number of pyridine rings is 2. The normalized spacial score (nSPS) is 11.7. The molecule has 0 unspecified atom stereocenters. The molecule has 0 N–H and O–H groups in total. The van der Waals surface area contributed by atoms with Crippen molar-refractivity contribution in [3.8, 4) is 22.6 Å². The van der Waals surface area contributed by atoms with Gasteiger partial charge >= 0.3 is 0 Å². The van der Waals surface area contributed by atoms with E-state index in [-0.39, 0.29) is 26.1 Å². The predicted octanol–water partition coefficient (Wildman–Crippen LogP) is 10.3. The van der Waals surface area contributed by atoms with E-state index in [9.17, 15) is 0 Å². The molecule has 1 radical (unpaired) electrons. The molecule has 0 saturated carbocycles.